The number of rotatable bonds is 5. The van der Waals surface area contributed by atoms with Gasteiger partial charge in [0, 0.05) is 25.6 Å². The van der Waals surface area contributed by atoms with E-state index in [9.17, 15) is 9.59 Å². The molecular weight excluding hydrogens is 220 g/mol. The maximum absolute atomic E-state index is 11.0. The van der Waals surface area contributed by atoms with E-state index >= 15 is 0 Å². The van der Waals surface area contributed by atoms with Crippen molar-refractivity contribution >= 4 is 23.2 Å². The number of nitrogens with one attached hydrogen (secondary N) is 2. The van der Waals surface area contributed by atoms with Gasteiger partial charge in [0.15, 0.2) is 0 Å². The number of carbonyl (C=O) groups is 2. The van der Waals surface area contributed by atoms with E-state index in [1.807, 2.05) is 0 Å². The van der Waals surface area contributed by atoms with Gasteiger partial charge in [-0.3, -0.25) is 9.59 Å². The van der Waals surface area contributed by atoms with Crippen LogP contribution in [0, 0.1) is 0 Å². The largest absolute Gasteiger partial charge is 0.397 e. The molecule has 0 aromatic heterocycles. The van der Waals surface area contributed by atoms with Crippen LogP contribution in [-0.4, -0.2) is 25.4 Å². The summed E-state index contributed by atoms with van der Waals surface area (Å²) in [5.41, 5.74) is 12.3. The first-order valence-electron chi connectivity index (χ1n) is 5.18. The van der Waals surface area contributed by atoms with E-state index in [0.717, 1.165) is 0 Å². The van der Waals surface area contributed by atoms with Crippen LogP contribution in [0.2, 0.25) is 0 Å². The van der Waals surface area contributed by atoms with Crippen molar-refractivity contribution in [3.8, 4) is 0 Å². The third kappa shape index (κ3) is 3.67. The van der Waals surface area contributed by atoms with Crippen LogP contribution in [0.3, 0.4) is 0 Å². The van der Waals surface area contributed by atoms with Gasteiger partial charge >= 0.3 is 0 Å². The molecule has 0 aliphatic heterocycles. The van der Waals surface area contributed by atoms with E-state index in [4.69, 9.17) is 11.5 Å². The summed E-state index contributed by atoms with van der Waals surface area (Å²) in [6, 6.07) is 4.75. The zero-order valence-electron chi connectivity index (χ0n) is 9.62. The van der Waals surface area contributed by atoms with Crippen LogP contribution in [0.25, 0.3) is 0 Å². The maximum Gasteiger partial charge on any atom is 0.248 e. The molecular formula is C11H16N4O2. The normalized spacial score (nSPS) is 9.71. The molecule has 0 aliphatic carbocycles. The first-order valence-corrected chi connectivity index (χ1v) is 5.18. The molecule has 0 aliphatic rings. The minimum atomic E-state index is -0.520. The summed E-state index contributed by atoms with van der Waals surface area (Å²) in [5.74, 6) is -0.571. The van der Waals surface area contributed by atoms with Crippen molar-refractivity contribution in [2.24, 2.45) is 5.73 Å². The third-order valence-electron chi connectivity index (χ3n) is 2.28. The first kappa shape index (κ1) is 12.8. The van der Waals surface area contributed by atoms with Crippen molar-refractivity contribution in [2.75, 3.05) is 24.6 Å². The lowest BCUT2D eigenvalue weighted by atomic mass is 10.1. The highest BCUT2D eigenvalue weighted by Crippen LogP contribution is 2.19. The highest BCUT2D eigenvalue weighted by Gasteiger charge is 2.05. The van der Waals surface area contributed by atoms with E-state index in [1.165, 1.54) is 6.07 Å². The Labute approximate surface area is 99.4 Å². The molecule has 1 rings (SSSR count). The second kappa shape index (κ2) is 5.74. The van der Waals surface area contributed by atoms with Crippen molar-refractivity contribution in [3.05, 3.63) is 23.8 Å². The third-order valence-corrected chi connectivity index (χ3v) is 2.28. The quantitative estimate of drug-likeness (QED) is 0.536. The van der Waals surface area contributed by atoms with Crippen molar-refractivity contribution in [3.63, 3.8) is 0 Å². The Morgan fingerprint density at radius 1 is 1.35 bits per heavy atom. The molecule has 92 valence electrons. The van der Waals surface area contributed by atoms with Gasteiger partial charge in [-0.15, -0.1) is 0 Å². The summed E-state index contributed by atoms with van der Waals surface area (Å²) in [4.78, 5) is 21.9. The minimum absolute atomic E-state index is 0.0511. The summed E-state index contributed by atoms with van der Waals surface area (Å²) < 4.78 is 0. The van der Waals surface area contributed by atoms with Gasteiger partial charge in [0.25, 0.3) is 0 Å². The van der Waals surface area contributed by atoms with Crippen molar-refractivity contribution in [1.29, 1.82) is 0 Å². The van der Waals surface area contributed by atoms with Gasteiger partial charge in [0.05, 0.1) is 11.4 Å². The fraction of sp³-hybridized carbons (Fsp3) is 0.273. The molecule has 6 nitrogen and oxygen atoms in total. The van der Waals surface area contributed by atoms with Crippen LogP contribution >= 0.6 is 0 Å². The Morgan fingerprint density at radius 2 is 2.06 bits per heavy atom. The van der Waals surface area contributed by atoms with E-state index < -0.39 is 5.91 Å². The lowest BCUT2D eigenvalue weighted by Gasteiger charge is -2.09. The fourth-order valence-corrected chi connectivity index (χ4v) is 1.31. The summed E-state index contributed by atoms with van der Waals surface area (Å²) in [7, 11) is 1.58. The number of carbonyl (C=O) groups excluding carboxylic acids is 2. The molecule has 17 heavy (non-hydrogen) atoms. The van der Waals surface area contributed by atoms with E-state index in [0.29, 0.717) is 29.9 Å². The molecule has 0 spiro atoms. The van der Waals surface area contributed by atoms with Gasteiger partial charge in [0.1, 0.15) is 0 Å². The molecule has 0 unspecified atom stereocenters. The van der Waals surface area contributed by atoms with Crippen LogP contribution < -0.4 is 22.1 Å². The molecule has 0 saturated carbocycles. The SMILES string of the molecule is CNC(=O)CCNc1ccc(C(N)=O)cc1N. The second-order valence-corrected chi connectivity index (χ2v) is 3.52. The number of anilines is 2. The van der Waals surface area contributed by atoms with Crippen molar-refractivity contribution in [2.45, 2.75) is 6.42 Å². The molecule has 0 fully saturated rings. The average Bonchev–Trinajstić information content (AvgIpc) is 2.30. The number of nitrogen functional groups attached to an aromatic ring is 1. The van der Waals surface area contributed by atoms with Gasteiger partial charge in [-0.2, -0.15) is 0 Å². The molecule has 0 atom stereocenters. The van der Waals surface area contributed by atoms with Gasteiger partial charge in [-0.25, -0.2) is 0 Å². The highest BCUT2D eigenvalue weighted by atomic mass is 16.1. The van der Waals surface area contributed by atoms with Crippen LogP contribution in [0.4, 0.5) is 11.4 Å². The average molecular weight is 236 g/mol. The predicted molar refractivity (Wildman–Crippen MR) is 66.5 cm³/mol. The topological polar surface area (TPSA) is 110 Å². The summed E-state index contributed by atoms with van der Waals surface area (Å²) in [6.45, 7) is 0.472. The molecule has 0 radical (unpaired) electrons. The Kier molecular flexibility index (Phi) is 4.33. The number of primary amides is 1. The summed E-state index contributed by atoms with van der Waals surface area (Å²) in [6.07, 6.45) is 0.355. The molecule has 0 heterocycles. The predicted octanol–water partition coefficient (Wildman–Crippen LogP) is -0.0843. The molecule has 0 saturated heterocycles. The van der Waals surface area contributed by atoms with Crippen LogP contribution in [0.15, 0.2) is 18.2 Å². The maximum atomic E-state index is 11.0. The zero-order valence-corrected chi connectivity index (χ0v) is 9.62. The monoisotopic (exact) mass is 236 g/mol. The van der Waals surface area contributed by atoms with E-state index in [-0.39, 0.29) is 5.91 Å². The second-order valence-electron chi connectivity index (χ2n) is 3.52. The van der Waals surface area contributed by atoms with Crippen molar-refractivity contribution < 1.29 is 9.59 Å². The van der Waals surface area contributed by atoms with Crippen LogP contribution in [0.1, 0.15) is 16.8 Å². The van der Waals surface area contributed by atoms with Gasteiger partial charge < -0.3 is 22.1 Å². The van der Waals surface area contributed by atoms with Gasteiger partial charge in [-0.05, 0) is 18.2 Å². The number of nitrogens with two attached hydrogens (primary N) is 2. The molecule has 2 amide bonds. The highest BCUT2D eigenvalue weighted by molar-refractivity contribution is 5.94. The van der Waals surface area contributed by atoms with Crippen LogP contribution in [0.5, 0.6) is 0 Å². The molecule has 6 N–H and O–H groups in total. The standard InChI is InChI=1S/C11H16N4O2/c1-14-10(16)4-5-15-9-3-2-7(11(13)17)6-8(9)12/h2-3,6,15H,4-5,12H2,1H3,(H2,13,17)(H,14,16). The van der Waals surface area contributed by atoms with Gasteiger partial charge in [0.2, 0.25) is 11.8 Å². The lowest BCUT2D eigenvalue weighted by Crippen LogP contribution is -2.21. The van der Waals surface area contributed by atoms with Gasteiger partial charge in [-0.1, -0.05) is 0 Å². The zero-order chi connectivity index (χ0) is 12.8. The molecule has 1 aromatic carbocycles. The minimum Gasteiger partial charge on any atom is -0.397 e. The van der Waals surface area contributed by atoms with E-state index in [2.05, 4.69) is 10.6 Å². The Balaban J connectivity index is 2.60. The van der Waals surface area contributed by atoms with Crippen molar-refractivity contribution in [1.82, 2.24) is 5.32 Å². The number of hydrogen-bond donors (Lipinski definition) is 4. The molecule has 6 heteroatoms. The lowest BCUT2D eigenvalue weighted by molar-refractivity contribution is -0.120. The van der Waals surface area contributed by atoms with Crippen LogP contribution in [-0.2, 0) is 4.79 Å². The number of benzene rings is 1. The Morgan fingerprint density at radius 3 is 2.59 bits per heavy atom. The molecule has 1 aromatic rings. The molecule has 0 bridgehead atoms. The fourth-order valence-electron chi connectivity index (χ4n) is 1.31. The summed E-state index contributed by atoms with van der Waals surface area (Å²) >= 11 is 0. The Bertz CT molecular complexity index is 431. The Hall–Kier alpha value is -2.24. The number of amides is 2. The smallest absolute Gasteiger partial charge is 0.248 e. The first-order chi connectivity index (χ1) is 8.04. The summed E-state index contributed by atoms with van der Waals surface area (Å²) in [5, 5.41) is 5.52. The number of hydrogen-bond acceptors (Lipinski definition) is 4. The van der Waals surface area contributed by atoms with E-state index in [1.54, 1.807) is 19.2 Å².